The van der Waals surface area contributed by atoms with E-state index >= 15 is 0 Å². The Balaban J connectivity index is 2.18. The van der Waals surface area contributed by atoms with Gasteiger partial charge >= 0.3 is 5.97 Å². The van der Waals surface area contributed by atoms with E-state index in [2.05, 4.69) is 19.6 Å². The molecule has 0 amide bonds. The lowest BCUT2D eigenvalue weighted by Gasteiger charge is -2.04. The maximum Gasteiger partial charge on any atom is 0.310 e. The van der Waals surface area contributed by atoms with Gasteiger partial charge in [0, 0.05) is 4.90 Å². The number of unbranched alkanes of at least 4 members (excludes halogenated alkanes) is 3. The lowest BCUT2D eigenvalue weighted by atomic mass is 10.1. The van der Waals surface area contributed by atoms with Crippen molar-refractivity contribution < 1.29 is 9.53 Å². The standard InChI is InChI=1S/C14H20O2S/c1-2-3-4-5-10-16-14(15)11-12-6-8-13(17)9-7-12/h6-9,17H,2-5,10-11H2,1H3. The number of carbonyl (C=O) groups excluding carboxylic acids is 1. The summed E-state index contributed by atoms with van der Waals surface area (Å²) in [6.45, 7) is 2.71. The molecule has 0 aliphatic rings. The van der Waals surface area contributed by atoms with Gasteiger partial charge in [-0.1, -0.05) is 38.3 Å². The fraction of sp³-hybridized carbons (Fsp3) is 0.500. The van der Waals surface area contributed by atoms with Crippen molar-refractivity contribution in [2.75, 3.05) is 6.61 Å². The van der Waals surface area contributed by atoms with Crippen molar-refractivity contribution >= 4 is 18.6 Å². The molecule has 0 fully saturated rings. The number of ether oxygens (including phenoxy) is 1. The number of carbonyl (C=O) groups is 1. The predicted octanol–water partition coefficient (Wildman–Crippen LogP) is 3.64. The zero-order valence-corrected chi connectivity index (χ0v) is 11.2. The summed E-state index contributed by atoms with van der Waals surface area (Å²) in [4.78, 5) is 12.4. The van der Waals surface area contributed by atoms with E-state index < -0.39 is 0 Å². The van der Waals surface area contributed by atoms with E-state index in [0.717, 1.165) is 23.3 Å². The molecule has 0 N–H and O–H groups in total. The van der Waals surface area contributed by atoms with Gasteiger partial charge in [-0.25, -0.2) is 0 Å². The van der Waals surface area contributed by atoms with Crippen LogP contribution in [0, 0.1) is 0 Å². The summed E-state index contributed by atoms with van der Waals surface area (Å²) in [5.74, 6) is -0.145. The second kappa shape index (κ2) is 8.18. The van der Waals surface area contributed by atoms with Crippen LogP contribution in [0.3, 0.4) is 0 Å². The monoisotopic (exact) mass is 252 g/mol. The molecule has 0 aliphatic carbocycles. The van der Waals surface area contributed by atoms with Crippen LogP contribution >= 0.6 is 12.6 Å². The number of rotatable bonds is 7. The van der Waals surface area contributed by atoms with Crippen molar-refractivity contribution in [3.8, 4) is 0 Å². The fourth-order valence-electron chi connectivity index (χ4n) is 1.55. The van der Waals surface area contributed by atoms with Gasteiger partial charge in [-0.3, -0.25) is 4.79 Å². The number of hydrogen-bond donors (Lipinski definition) is 1. The SMILES string of the molecule is CCCCCCOC(=O)Cc1ccc(S)cc1. The molecular weight excluding hydrogens is 232 g/mol. The number of benzene rings is 1. The van der Waals surface area contributed by atoms with Crippen LogP contribution in [-0.4, -0.2) is 12.6 Å². The van der Waals surface area contributed by atoms with Crippen LogP contribution in [0.4, 0.5) is 0 Å². The molecule has 0 atom stereocenters. The lowest BCUT2D eigenvalue weighted by Crippen LogP contribution is -2.09. The molecule has 0 saturated heterocycles. The molecule has 2 nitrogen and oxygen atoms in total. The minimum absolute atomic E-state index is 0.145. The molecule has 0 aromatic heterocycles. The van der Waals surface area contributed by atoms with E-state index in [1.807, 2.05) is 24.3 Å². The topological polar surface area (TPSA) is 26.3 Å². The van der Waals surface area contributed by atoms with E-state index in [0.29, 0.717) is 13.0 Å². The minimum atomic E-state index is -0.145. The van der Waals surface area contributed by atoms with E-state index in [1.54, 1.807) is 0 Å². The summed E-state index contributed by atoms with van der Waals surface area (Å²) in [6, 6.07) is 7.57. The van der Waals surface area contributed by atoms with Crippen LogP contribution in [0.15, 0.2) is 29.2 Å². The molecule has 1 aromatic rings. The summed E-state index contributed by atoms with van der Waals surface area (Å²) >= 11 is 4.20. The van der Waals surface area contributed by atoms with Gasteiger partial charge < -0.3 is 4.74 Å². The smallest absolute Gasteiger partial charge is 0.310 e. The van der Waals surface area contributed by atoms with E-state index in [1.165, 1.54) is 12.8 Å². The van der Waals surface area contributed by atoms with Gasteiger partial charge in [0.1, 0.15) is 0 Å². The molecular formula is C14H20O2S. The normalized spacial score (nSPS) is 10.2. The molecule has 94 valence electrons. The summed E-state index contributed by atoms with van der Waals surface area (Å²) in [5, 5.41) is 0. The highest BCUT2D eigenvalue weighted by Crippen LogP contribution is 2.09. The third-order valence-corrected chi connectivity index (χ3v) is 2.84. The molecule has 3 heteroatoms. The van der Waals surface area contributed by atoms with Crippen LogP contribution in [0.25, 0.3) is 0 Å². The third-order valence-electron chi connectivity index (χ3n) is 2.55. The molecule has 0 aliphatic heterocycles. The first kappa shape index (κ1) is 14.1. The molecule has 0 heterocycles. The van der Waals surface area contributed by atoms with Crippen LogP contribution in [0.2, 0.25) is 0 Å². The highest BCUT2D eigenvalue weighted by Gasteiger charge is 2.04. The molecule has 0 unspecified atom stereocenters. The van der Waals surface area contributed by atoms with E-state index in [4.69, 9.17) is 4.74 Å². The van der Waals surface area contributed by atoms with Crippen LogP contribution < -0.4 is 0 Å². The minimum Gasteiger partial charge on any atom is -0.465 e. The molecule has 0 spiro atoms. The van der Waals surface area contributed by atoms with Crippen molar-refractivity contribution in [2.45, 2.75) is 43.9 Å². The molecule has 0 bridgehead atoms. The Labute approximate surface area is 109 Å². The van der Waals surface area contributed by atoms with Gasteiger partial charge in [0.2, 0.25) is 0 Å². The largest absolute Gasteiger partial charge is 0.465 e. The lowest BCUT2D eigenvalue weighted by molar-refractivity contribution is -0.142. The van der Waals surface area contributed by atoms with Gasteiger partial charge in [-0.15, -0.1) is 12.6 Å². The fourth-order valence-corrected chi connectivity index (χ4v) is 1.70. The number of thiol groups is 1. The Bertz CT molecular complexity index is 333. The summed E-state index contributed by atoms with van der Waals surface area (Å²) in [6.07, 6.45) is 4.86. The Hall–Kier alpha value is -0.960. The van der Waals surface area contributed by atoms with Gasteiger partial charge in [0.05, 0.1) is 13.0 Å². The maximum absolute atomic E-state index is 11.5. The van der Waals surface area contributed by atoms with Crippen LogP contribution in [-0.2, 0) is 16.0 Å². The molecule has 0 saturated carbocycles. The number of esters is 1. The van der Waals surface area contributed by atoms with E-state index in [9.17, 15) is 4.79 Å². The molecule has 17 heavy (non-hydrogen) atoms. The Morgan fingerprint density at radius 1 is 1.18 bits per heavy atom. The second-order valence-corrected chi connectivity index (χ2v) is 4.64. The zero-order chi connectivity index (χ0) is 12.5. The summed E-state index contributed by atoms with van der Waals surface area (Å²) < 4.78 is 5.16. The summed E-state index contributed by atoms with van der Waals surface area (Å²) in [5.41, 5.74) is 0.973. The second-order valence-electron chi connectivity index (χ2n) is 4.12. The van der Waals surface area contributed by atoms with Crippen LogP contribution in [0.1, 0.15) is 38.2 Å². The zero-order valence-electron chi connectivity index (χ0n) is 10.3. The van der Waals surface area contributed by atoms with Crippen molar-refractivity contribution in [3.63, 3.8) is 0 Å². The average Bonchev–Trinajstić information content (AvgIpc) is 2.32. The number of hydrogen-bond acceptors (Lipinski definition) is 3. The quantitative estimate of drug-likeness (QED) is 0.455. The van der Waals surface area contributed by atoms with Crippen molar-refractivity contribution in [3.05, 3.63) is 29.8 Å². The van der Waals surface area contributed by atoms with Gasteiger partial charge in [-0.05, 0) is 24.1 Å². The van der Waals surface area contributed by atoms with Crippen molar-refractivity contribution in [1.82, 2.24) is 0 Å². The first-order chi connectivity index (χ1) is 8.22. The Kier molecular flexibility index (Phi) is 6.78. The molecule has 1 aromatic carbocycles. The van der Waals surface area contributed by atoms with Crippen molar-refractivity contribution in [1.29, 1.82) is 0 Å². The highest BCUT2D eigenvalue weighted by molar-refractivity contribution is 7.80. The third kappa shape index (κ3) is 6.37. The van der Waals surface area contributed by atoms with Gasteiger partial charge in [-0.2, -0.15) is 0 Å². The highest BCUT2D eigenvalue weighted by atomic mass is 32.1. The van der Waals surface area contributed by atoms with Crippen LogP contribution in [0.5, 0.6) is 0 Å². The molecule has 0 radical (unpaired) electrons. The Morgan fingerprint density at radius 3 is 2.53 bits per heavy atom. The first-order valence-electron chi connectivity index (χ1n) is 6.16. The van der Waals surface area contributed by atoms with E-state index in [-0.39, 0.29) is 5.97 Å². The maximum atomic E-state index is 11.5. The van der Waals surface area contributed by atoms with Gasteiger partial charge in [0.15, 0.2) is 0 Å². The van der Waals surface area contributed by atoms with Gasteiger partial charge in [0.25, 0.3) is 0 Å². The first-order valence-corrected chi connectivity index (χ1v) is 6.60. The molecule has 1 rings (SSSR count). The summed E-state index contributed by atoms with van der Waals surface area (Å²) in [7, 11) is 0. The predicted molar refractivity (Wildman–Crippen MR) is 72.5 cm³/mol. The Morgan fingerprint density at radius 2 is 1.88 bits per heavy atom. The average molecular weight is 252 g/mol. The van der Waals surface area contributed by atoms with Crippen molar-refractivity contribution in [2.24, 2.45) is 0 Å².